The summed E-state index contributed by atoms with van der Waals surface area (Å²) >= 11 is 0. The highest BCUT2D eigenvalue weighted by Crippen LogP contribution is 2.43. The van der Waals surface area contributed by atoms with Crippen molar-refractivity contribution in [2.24, 2.45) is 23.3 Å². The Bertz CT molecular complexity index is 687. The van der Waals surface area contributed by atoms with Gasteiger partial charge < -0.3 is 27.4 Å². The first-order chi connectivity index (χ1) is 14.9. The first kappa shape index (κ1) is 23.8. The second kappa shape index (κ2) is 10.3. The minimum absolute atomic E-state index is 0.0624. The summed E-state index contributed by atoms with van der Waals surface area (Å²) in [5.74, 6) is 1.21. The van der Waals surface area contributed by atoms with E-state index in [0.717, 1.165) is 44.2 Å². The molecule has 3 aliphatic heterocycles. The highest BCUT2D eigenvalue weighted by Gasteiger charge is 2.46. The van der Waals surface area contributed by atoms with Gasteiger partial charge in [0.25, 0.3) is 0 Å². The second-order valence-corrected chi connectivity index (χ2v) is 12.1. The van der Waals surface area contributed by atoms with E-state index in [-0.39, 0.29) is 24.8 Å². The summed E-state index contributed by atoms with van der Waals surface area (Å²) in [6.07, 6.45) is 7.95. The van der Waals surface area contributed by atoms with Crippen LogP contribution in [0.25, 0.3) is 0 Å². The number of likely N-dealkylation sites (N-methyl/N-ethyl adjacent to an activating group) is 1. The van der Waals surface area contributed by atoms with Gasteiger partial charge in [-0.2, -0.15) is 0 Å². The molecule has 6 unspecified atom stereocenters. The largest absolute Gasteiger partial charge is 0.330 e. The zero-order valence-corrected chi connectivity index (χ0v) is 19.7. The van der Waals surface area contributed by atoms with Crippen molar-refractivity contribution in [3.8, 4) is 0 Å². The lowest BCUT2D eigenvalue weighted by Crippen LogP contribution is -2.60. The smallest absolute Gasteiger partial charge is 0.217 e. The molecule has 0 aromatic carbocycles. The maximum atomic E-state index is 13.2. The number of nitrogens with one attached hydrogen (secondary N) is 4. The Morgan fingerprint density at radius 3 is 2.58 bits per heavy atom. The number of hydrogen-bond acceptors (Lipinski definition) is 8. The Hall–Kier alpha value is -0.330. The molecule has 6 atom stereocenters. The third-order valence-electron chi connectivity index (χ3n) is 8.27. The van der Waals surface area contributed by atoms with Gasteiger partial charge in [0.1, 0.15) is 5.25 Å². The molecule has 2 saturated carbocycles. The van der Waals surface area contributed by atoms with Crippen molar-refractivity contribution in [3.63, 3.8) is 0 Å². The van der Waals surface area contributed by atoms with Crippen molar-refractivity contribution in [2.45, 2.75) is 80.5 Å². The third kappa shape index (κ3) is 5.27. The van der Waals surface area contributed by atoms with Crippen molar-refractivity contribution < 1.29 is 8.42 Å². The molecule has 8 N–H and O–H groups in total. The van der Waals surface area contributed by atoms with Gasteiger partial charge in [0.05, 0.1) is 6.17 Å². The average molecular weight is 458 g/mol. The van der Waals surface area contributed by atoms with Gasteiger partial charge in [-0.1, -0.05) is 6.42 Å². The number of fused-ring (bicyclic) bond motifs is 1. The van der Waals surface area contributed by atoms with E-state index >= 15 is 0 Å². The maximum Gasteiger partial charge on any atom is 0.217 e. The summed E-state index contributed by atoms with van der Waals surface area (Å²) in [6.45, 7) is 3.26. The van der Waals surface area contributed by atoms with Gasteiger partial charge in [-0.05, 0) is 70.5 Å². The molecule has 3 heterocycles. The normalized spacial score (nSPS) is 39.9. The van der Waals surface area contributed by atoms with Crippen LogP contribution in [0.1, 0.15) is 44.9 Å². The second-order valence-electron chi connectivity index (χ2n) is 10.1. The number of nitrogens with zero attached hydrogens (tertiary/aromatic N) is 1. The molecular weight excluding hydrogens is 414 g/mol. The first-order valence-corrected chi connectivity index (χ1v) is 13.8. The van der Waals surface area contributed by atoms with Gasteiger partial charge in [0.2, 0.25) is 10.0 Å². The summed E-state index contributed by atoms with van der Waals surface area (Å²) in [5, 5.41) is 9.64. The van der Waals surface area contributed by atoms with E-state index in [1.54, 1.807) is 0 Å². The molecule has 0 aromatic rings. The Morgan fingerprint density at radius 2 is 1.94 bits per heavy atom. The monoisotopic (exact) mass is 457 g/mol. The molecule has 0 amide bonds. The van der Waals surface area contributed by atoms with E-state index in [1.807, 2.05) is 7.05 Å². The van der Waals surface area contributed by atoms with Gasteiger partial charge in [-0.15, -0.1) is 0 Å². The van der Waals surface area contributed by atoms with Crippen LogP contribution >= 0.6 is 0 Å². The quantitative estimate of drug-likeness (QED) is 0.238. The van der Waals surface area contributed by atoms with E-state index in [1.165, 1.54) is 25.8 Å². The molecule has 5 aliphatic rings. The zero-order chi connectivity index (χ0) is 22.0. The van der Waals surface area contributed by atoms with E-state index < -0.39 is 15.3 Å². The Labute approximate surface area is 187 Å². The van der Waals surface area contributed by atoms with Crippen LogP contribution in [0.15, 0.2) is 0 Å². The molecule has 2 aliphatic carbocycles. The molecule has 0 aromatic heterocycles. The molecule has 2 bridgehead atoms. The summed E-state index contributed by atoms with van der Waals surface area (Å²) in [4.78, 5) is 2.70. The fourth-order valence-electron chi connectivity index (χ4n) is 6.39. The molecule has 0 spiro atoms. The van der Waals surface area contributed by atoms with Crippen LogP contribution in [0.2, 0.25) is 0 Å². The lowest BCUT2D eigenvalue weighted by Gasteiger charge is -2.39. The van der Waals surface area contributed by atoms with E-state index in [4.69, 9.17) is 11.5 Å². The molecule has 5 rings (SSSR count). The Balaban J connectivity index is 1.30. The number of piperidine rings is 1. The zero-order valence-electron chi connectivity index (χ0n) is 18.9. The Kier molecular flexibility index (Phi) is 7.91. The van der Waals surface area contributed by atoms with E-state index in [9.17, 15) is 8.42 Å². The Morgan fingerprint density at radius 1 is 1.13 bits per heavy atom. The summed E-state index contributed by atoms with van der Waals surface area (Å²) in [7, 11) is -1.65. The molecule has 180 valence electrons. The van der Waals surface area contributed by atoms with Gasteiger partial charge in [-0.3, -0.25) is 4.90 Å². The molecule has 3 saturated heterocycles. The van der Waals surface area contributed by atoms with Crippen LogP contribution < -0.4 is 32.1 Å². The van der Waals surface area contributed by atoms with Crippen LogP contribution in [-0.2, 0) is 10.0 Å². The predicted molar refractivity (Wildman–Crippen MR) is 124 cm³/mol. The molecule has 10 heteroatoms. The van der Waals surface area contributed by atoms with Crippen molar-refractivity contribution in [1.82, 2.24) is 25.6 Å². The predicted octanol–water partition coefficient (Wildman–Crippen LogP) is -1.29. The number of sulfonamides is 1. The molecule has 9 nitrogen and oxygen atoms in total. The third-order valence-corrected chi connectivity index (χ3v) is 10.1. The van der Waals surface area contributed by atoms with Crippen molar-refractivity contribution in [1.29, 1.82) is 0 Å². The fraction of sp³-hybridized carbons (Fsp3) is 1.00. The van der Waals surface area contributed by atoms with E-state index in [2.05, 4.69) is 25.6 Å². The minimum Gasteiger partial charge on any atom is -0.330 e. The summed E-state index contributed by atoms with van der Waals surface area (Å²) in [6, 6.07) is 1.33. The van der Waals surface area contributed by atoms with Crippen molar-refractivity contribution >= 4 is 10.0 Å². The minimum atomic E-state index is -3.54. The summed E-state index contributed by atoms with van der Waals surface area (Å²) in [5.41, 5.74) is 11.8. The number of nitrogens with two attached hydrogens (primary N) is 2. The van der Waals surface area contributed by atoms with Crippen LogP contribution in [0.5, 0.6) is 0 Å². The van der Waals surface area contributed by atoms with Gasteiger partial charge >= 0.3 is 0 Å². The summed E-state index contributed by atoms with van der Waals surface area (Å²) < 4.78 is 29.3. The van der Waals surface area contributed by atoms with Gasteiger partial charge in [0.15, 0.2) is 0 Å². The maximum absolute atomic E-state index is 13.2. The van der Waals surface area contributed by atoms with Gasteiger partial charge in [-0.25, -0.2) is 13.1 Å². The molecule has 5 fully saturated rings. The lowest BCUT2D eigenvalue weighted by atomic mass is 9.81. The fourth-order valence-corrected chi connectivity index (χ4v) is 7.84. The highest BCUT2D eigenvalue weighted by molar-refractivity contribution is 7.90. The van der Waals surface area contributed by atoms with Crippen LogP contribution in [0.3, 0.4) is 0 Å². The van der Waals surface area contributed by atoms with Crippen molar-refractivity contribution in [2.75, 3.05) is 39.8 Å². The van der Waals surface area contributed by atoms with Crippen LogP contribution in [0, 0.1) is 11.8 Å². The number of hydrogen-bond donors (Lipinski definition) is 6. The van der Waals surface area contributed by atoms with Crippen molar-refractivity contribution in [3.05, 3.63) is 0 Å². The SMILES string of the molecule is CNC1C(CN)CCCC1NS(=O)(=O)C(CN)CNC1CC(N2CC3CC2C3)CCN1. The van der Waals surface area contributed by atoms with Crippen LogP contribution in [-0.4, -0.2) is 88.7 Å². The number of rotatable bonds is 10. The standard InChI is InChI=1S/C21H43N7O2S/c1-24-21-15(10-22)3-2-4-19(21)27-31(29,30)18(11-23)12-26-20-9-16(5-6-25-20)28-13-14-7-17(28)8-14/h14-21,24-27H,2-13,22-23H2,1H3. The van der Waals surface area contributed by atoms with E-state index in [0.29, 0.717) is 25.0 Å². The topological polar surface area (TPSA) is 138 Å². The first-order valence-electron chi connectivity index (χ1n) is 12.3. The lowest BCUT2D eigenvalue weighted by molar-refractivity contribution is 0.130. The molecule has 31 heavy (non-hydrogen) atoms. The van der Waals surface area contributed by atoms with Crippen LogP contribution in [0.4, 0.5) is 0 Å². The van der Waals surface area contributed by atoms with Gasteiger partial charge in [0, 0.05) is 43.8 Å². The molecular formula is C21H43N7O2S. The highest BCUT2D eigenvalue weighted by atomic mass is 32.2. The molecule has 0 radical (unpaired) electrons. The average Bonchev–Trinajstić information content (AvgIpc) is 3.35.